The summed E-state index contributed by atoms with van der Waals surface area (Å²) < 4.78 is 34.2. The van der Waals surface area contributed by atoms with Gasteiger partial charge >= 0.3 is 7.75 Å². The fourth-order valence-electron chi connectivity index (χ4n) is 2.39. The third-order valence-corrected chi connectivity index (χ3v) is 6.22. The van der Waals surface area contributed by atoms with Crippen molar-refractivity contribution in [2.75, 3.05) is 34.4 Å². The van der Waals surface area contributed by atoms with E-state index in [4.69, 9.17) is 18.5 Å². The lowest BCUT2D eigenvalue weighted by molar-refractivity contribution is -0.117. The first kappa shape index (κ1) is 33.4. The van der Waals surface area contributed by atoms with E-state index in [1.165, 1.54) is 32.2 Å². The molecule has 12 heteroatoms. The molecule has 0 aromatic heterocycles. The van der Waals surface area contributed by atoms with Crippen LogP contribution in [0.2, 0.25) is 0 Å². The summed E-state index contributed by atoms with van der Waals surface area (Å²) in [7, 11) is 0.767. The molecule has 1 aromatic rings. The van der Waals surface area contributed by atoms with Gasteiger partial charge in [0.15, 0.2) is 0 Å². The van der Waals surface area contributed by atoms with Crippen molar-refractivity contribution in [3.8, 4) is 5.75 Å². The number of methoxy groups -OCH3 is 2. The van der Waals surface area contributed by atoms with Crippen LogP contribution in [-0.2, 0) is 32.9 Å². The summed E-state index contributed by atoms with van der Waals surface area (Å²) >= 11 is 0. The van der Waals surface area contributed by atoms with Gasteiger partial charge in [-0.2, -0.15) is 0 Å². The molecule has 0 spiro atoms. The fourth-order valence-corrected chi connectivity index (χ4v) is 3.89. The highest BCUT2D eigenvalue weighted by Gasteiger charge is 2.30. The van der Waals surface area contributed by atoms with E-state index in [0.717, 1.165) is 0 Å². The molecule has 11 nitrogen and oxygen atoms in total. The van der Waals surface area contributed by atoms with Gasteiger partial charge in [-0.25, -0.2) is 9.65 Å². The third kappa shape index (κ3) is 14.8. The number of carbonyl (C=O) groups excluding carboxylic acids is 3. The maximum atomic E-state index is 13.1. The van der Waals surface area contributed by atoms with Crippen LogP contribution in [0.15, 0.2) is 42.1 Å². The Labute approximate surface area is 214 Å². The van der Waals surface area contributed by atoms with Gasteiger partial charge < -0.3 is 29.0 Å². The van der Waals surface area contributed by atoms with Gasteiger partial charge in [0.1, 0.15) is 12.0 Å². The van der Waals surface area contributed by atoms with Gasteiger partial charge in [-0.3, -0.25) is 14.1 Å². The van der Waals surface area contributed by atoms with E-state index >= 15 is 0 Å². The molecule has 3 unspecified atom stereocenters. The molecular formula is C24H40N3O8P. The smallest absolute Gasteiger partial charge is 0.413 e. The minimum Gasteiger partial charge on any atom is -0.413 e. The Bertz CT molecular complexity index is 851. The summed E-state index contributed by atoms with van der Waals surface area (Å²) in [5, 5.41) is 5.04. The zero-order valence-corrected chi connectivity index (χ0v) is 23.0. The monoisotopic (exact) mass is 529 g/mol. The molecule has 1 aromatic carbocycles. The van der Waals surface area contributed by atoms with Crippen molar-refractivity contribution in [3.63, 3.8) is 0 Å². The number of carbonyl (C=O) groups is 3. The number of nitrogens with one attached hydrogen (secondary N) is 2. The van der Waals surface area contributed by atoms with Crippen LogP contribution in [0.5, 0.6) is 5.75 Å². The molecule has 0 radical (unpaired) electrons. The number of amides is 2. The lowest BCUT2D eigenvalue weighted by atomic mass is 10.2. The highest BCUT2D eigenvalue weighted by molar-refractivity contribution is 7.52. The molecule has 36 heavy (non-hydrogen) atoms. The Balaban J connectivity index is 0.00000222. The Kier molecular flexibility index (Phi) is 17.3. The van der Waals surface area contributed by atoms with E-state index in [0.29, 0.717) is 36.5 Å². The van der Waals surface area contributed by atoms with Crippen molar-refractivity contribution in [1.29, 1.82) is 0 Å². The average molecular weight is 530 g/mol. The lowest BCUT2D eigenvalue weighted by Crippen LogP contribution is -2.31. The Morgan fingerprint density at radius 1 is 1.11 bits per heavy atom. The summed E-state index contributed by atoms with van der Waals surface area (Å²) in [6.45, 7) is 7.23. The van der Waals surface area contributed by atoms with Gasteiger partial charge in [0.25, 0.3) is 0 Å². The van der Waals surface area contributed by atoms with Gasteiger partial charge in [-0.1, -0.05) is 18.2 Å². The largest absolute Gasteiger partial charge is 0.459 e. The van der Waals surface area contributed by atoms with E-state index in [9.17, 15) is 18.9 Å². The predicted molar refractivity (Wildman–Crippen MR) is 137 cm³/mol. The second-order valence-corrected chi connectivity index (χ2v) is 9.61. The number of hydrogen-bond donors (Lipinski definition) is 2. The number of aldehydes is 1. The molecular weight excluding hydrogens is 489 g/mol. The molecule has 0 saturated carbocycles. The first-order chi connectivity index (χ1) is 17.0. The number of para-hydroxylation sites is 1. The van der Waals surface area contributed by atoms with E-state index < -0.39 is 19.9 Å². The van der Waals surface area contributed by atoms with Crippen LogP contribution in [0.4, 0.5) is 0 Å². The standard InChI is InChI=1S/C20H30N3O7P.C4H10O/c1-16(20(26)21-3)12-23(15-25)11-10-19(28-4)14-29-31(27,22-17(2)13-24)30-18-8-6-5-7-9-18;1-4(2)5-3/h5-9,12-13,15,17,19H,10-11,14H2,1-4H3,(H,21,26)(H,22,27);4H,1-3H3/b16-12-;. The molecule has 0 aliphatic heterocycles. The molecule has 2 N–H and O–H groups in total. The Morgan fingerprint density at radius 3 is 2.19 bits per heavy atom. The lowest BCUT2D eigenvalue weighted by Gasteiger charge is -2.24. The van der Waals surface area contributed by atoms with E-state index in [-0.39, 0.29) is 19.1 Å². The van der Waals surface area contributed by atoms with Crippen molar-refractivity contribution < 1.29 is 37.5 Å². The maximum absolute atomic E-state index is 13.1. The number of nitrogens with zero attached hydrogens (tertiary/aromatic N) is 1. The van der Waals surface area contributed by atoms with Crippen LogP contribution >= 0.6 is 7.75 Å². The minimum absolute atomic E-state index is 0.121. The molecule has 0 bridgehead atoms. The number of rotatable bonds is 16. The van der Waals surface area contributed by atoms with Crippen LogP contribution in [0.3, 0.4) is 0 Å². The molecule has 0 fully saturated rings. The molecule has 204 valence electrons. The molecule has 2 amide bonds. The fraction of sp³-hybridized carbons (Fsp3) is 0.542. The third-order valence-electron chi connectivity index (χ3n) is 4.56. The van der Waals surface area contributed by atoms with Gasteiger partial charge in [-0.15, -0.1) is 0 Å². The average Bonchev–Trinajstić information content (AvgIpc) is 2.87. The summed E-state index contributed by atoms with van der Waals surface area (Å²) in [5.41, 5.74) is 0.368. The first-order valence-corrected chi connectivity index (χ1v) is 13.0. The molecule has 1 rings (SSSR count). The second-order valence-electron chi connectivity index (χ2n) is 7.92. The topological polar surface area (TPSA) is 132 Å². The highest BCUT2D eigenvalue weighted by atomic mass is 31.2. The normalized spacial score (nSPS) is 14.5. The second kappa shape index (κ2) is 18.7. The number of hydrogen-bond acceptors (Lipinski definition) is 8. The van der Waals surface area contributed by atoms with Crippen LogP contribution in [0.1, 0.15) is 34.1 Å². The zero-order chi connectivity index (χ0) is 27.6. The van der Waals surface area contributed by atoms with E-state index in [1.807, 2.05) is 13.8 Å². The summed E-state index contributed by atoms with van der Waals surface area (Å²) in [5.74, 6) is 0.0141. The minimum atomic E-state index is -3.88. The van der Waals surface area contributed by atoms with Gasteiger partial charge in [0.05, 0.1) is 24.9 Å². The molecule has 0 saturated heterocycles. The quantitative estimate of drug-likeness (QED) is 0.188. The van der Waals surface area contributed by atoms with Gasteiger partial charge in [0, 0.05) is 39.6 Å². The van der Waals surface area contributed by atoms with Crippen molar-refractivity contribution >= 4 is 26.3 Å². The van der Waals surface area contributed by atoms with Gasteiger partial charge in [0.2, 0.25) is 12.3 Å². The summed E-state index contributed by atoms with van der Waals surface area (Å²) in [4.78, 5) is 35.2. The number of benzene rings is 1. The van der Waals surface area contributed by atoms with Crippen LogP contribution in [-0.4, -0.2) is 76.2 Å². The van der Waals surface area contributed by atoms with E-state index in [2.05, 4.69) is 10.4 Å². The maximum Gasteiger partial charge on any atom is 0.459 e. The number of ether oxygens (including phenoxy) is 2. The SMILES string of the molecule is CNC(=O)/C(C)=C\N(C=O)CCC(COP(=O)(NC(C)C=O)Oc1ccccc1)OC.COC(C)C. The summed E-state index contributed by atoms with van der Waals surface area (Å²) in [6.07, 6.45) is 2.79. The highest BCUT2D eigenvalue weighted by Crippen LogP contribution is 2.44. The van der Waals surface area contributed by atoms with E-state index in [1.54, 1.807) is 44.4 Å². The Hall–Kier alpha value is -2.56. The molecule has 0 heterocycles. The first-order valence-electron chi connectivity index (χ1n) is 11.4. The van der Waals surface area contributed by atoms with Crippen molar-refractivity contribution in [2.24, 2.45) is 0 Å². The van der Waals surface area contributed by atoms with Crippen molar-refractivity contribution in [1.82, 2.24) is 15.3 Å². The number of likely N-dealkylation sites (N-methyl/N-ethyl adjacent to an activating group) is 1. The predicted octanol–water partition coefficient (Wildman–Crippen LogP) is 2.92. The van der Waals surface area contributed by atoms with Crippen molar-refractivity contribution in [3.05, 3.63) is 42.1 Å². The van der Waals surface area contributed by atoms with Crippen molar-refractivity contribution in [2.45, 2.75) is 52.4 Å². The molecule has 0 aliphatic rings. The van der Waals surface area contributed by atoms with Gasteiger partial charge in [-0.05, 0) is 46.2 Å². The van der Waals surface area contributed by atoms with Crippen LogP contribution < -0.4 is 14.9 Å². The zero-order valence-electron chi connectivity index (χ0n) is 22.1. The van der Waals surface area contributed by atoms with Crippen LogP contribution in [0, 0.1) is 0 Å². The molecule has 3 atom stereocenters. The Morgan fingerprint density at radius 2 is 1.72 bits per heavy atom. The summed E-state index contributed by atoms with van der Waals surface area (Å²) in [6, 6.07) is 7.66. The molecule has 0 aliphatic carbocycles. The van der Waals surface area contributed by atoms with Crippen LogP contribution in [0.25, 0.3) is 0 Å².